The zero-order valence-electron chi connectivity index (χ0n) is 14.2. The molecule has 1 unspecified atom stereocenters. The third kappa shape index (κ3) is 5.39. The van der Waals surface area contributed by atoms with Crippen molar-refractivity contribution in [1.82, 2.24) is 5.32 Å². The molecule has 2 amide bonds. The fourth-order valence-electron chi connectivity index (χ4n) is 2.32. The summed E-state index contributed by atoms with van der Waals surface area (Å²) in [4.78, 5) is 23.9. The maximum absolute atomic E-state index is 13.3. The van der Waals surface area contributed by atoms with Crippen molar-refractivity contribution in [2.24, 2.45) is 0 Å². The van der Waals surface area contributed by atoms with Crippen LogP contribution in [0.4, 0.5) is 10.1 Å². The number of nitrogens with one attached hydrogen (secondary N) is 2. The summed E-state index contributed by atoms with van der Waals surface area (Å²) in [5, 5.41) is 5.03. The Bertz CT molecular complexity index is 732. The zero-order valence-corrected chi connectivity index (χ0v) is 14.2. The molecule has 0 spiro atoms. The molecule has 0 bridgehead atoms. The van der Waals surface area contributed by atoms with Gasteiger partial charge in [0.2, 0.25) is 0 Å². The molecule has 2 rings (SSSR count). The van der Waals surface area contributed by atoms with Gasteiger partial charge in [0.25, 0.3) is 0 Å². The van der Waals surface area contributed by atoms with Crippen LogP contribution in [0.1, 0.15) is 24.2 Å². The molecule has 2 N–H and O–H groups in total. The van der Waals surface area contributed by atoms with Crippen LogP contribution in [0.15, 0.2) is 48.5 Å². The Morgan fingerprint density at radius 3 is 2.44 bits per heavy atom. The van der Waals surface area contributed by atoms with Crippen molar-refractivity contribution in [3.05, 3.63) is 65.5 Å². The number of carbonyl (C=O) groups is 2. The third-order valence-corrected chi connectivity index (χ3v) is 3.78. The van der Waals surface area contributed by atoms with Gasteiger partial charge in [-0.05, 0) is 41.8 Å². The van der Waals surface area contributed by atoms with Gasteiger partial charge in [0.05, 0.1) is 6.10 Å². The van der Waals surface area contributed by atoms with E-state index in [-0.39, 0.29) is 12.4 Å². The second-order valence-corrected chi connectivity index (χ2v) is 5.49. The van der Waals surface area contributed by atoms with E-state index in [4.69, 9.17) is 4.74 Å². The molecule has 6 heteroatoms. The topological polar surface area (TPSA) is 67.4 Å². The van der Waals surface area contributed by atoms with Gasteiger partial charge in [-0.1, -0.05) is 31.2 Å². The fourth-order valence-corrected chi connectivity index (χ4v) is 2.32. The highest BCUT2D eigenvalue weighted by molar-refractivity contribution is 6.39. The van der Waals surface area contributed by atoms with Crippen molar-refractivity contribution in [2.75, 3.05) is 19.0 Å². The maximum atomic E-state index is 13.3. The molecule has 25 heavy (non-hydrogen) atoms. The Kier molecular flexibility index (Phi) is 6.65. The minimum atomic E-state index is -0.780. The highest BCUT2D eigenvalue weighted by atomic mass is 19.1. The van der Waals surface area contributed by atoms with Crippen molar-refractivity contribution >= 4 is 17.5 Å². The van der Waals surface area contributed by atoms with Crippen LogP contribution in [-0.4, -0.2) is 25.5 Å². The molecular weight excluding hydrogens is 323 g/mol. The second kappa shape index (κ2) is 8.94. The number of amides is 2. The van der Waals surface area contributed by atoms with E-state index in [0.717, 1.165) is 12.0 Å². The number of halogens is 1. The van der Waals surface area contributed by atoms with Crippen molar-refractivity contribution in [2.45, 2.75) is 19.4 Å². The van der Waals surface area contributed by atoms with E-state index >= 15 is 0 Å². The van der Waals surface area contributed by atoms with E-state index in [0.29, 0.717) is 11.3 Å². The van der Waals surface area contributed by atoms with Gasteiger partial charge in [-0.3, -0.25) is 9.59 Å². The number of methoxy groups -OCH3 is 1. The summed E-state index contributed by atoms with van der Waals surface area (Å²) in [5.41, 5.74) is 2.27. The van der Waals surface area contributed by atoms with Gasteiger partial charge in [-0.15, -0.1) is 0 Å². The number of hydrogen-bond donors (Lipinski definition) is 2. The van der Waals surface area contributed by atoms with Crippen LogP contribution >= 0.6 is 0 Å². The molecule has 0 saturated carbocycles. The van der Waals surface area contributed by atoms with Crippen LogP contribution in [0.25, 0.3) is 0 Å². The van der Waals surface area contributed by atoms with Crippen LogP contribution in [-0.2, 0) is 20.7 Å². The zero-order chi connectivity index (χ0) is 18.2. The SMILES string of the molecule is CCc1ccc(NC(=O)C(=O)NCC(OC)c2cccc(F)c2)cc1. The Morgan fingerprint density at radius 1 is 1.12 bits per heavy atom. The number of carbonyl (C=O) groups excluding carboxylic acids is 2. The van der Waals surface area contributed by atoms with Gasteiger partial charge >= 0.3 is 11.8 Å². The minimum Gasteiger partial charge on any atom is -0.375 e. The average molecular weight is 344 g/mol. The summed E-state index contributed by atoms with van der Waals surface area (Å²) in [6.07, 6.45) is 0.351. The van der Waals surface area contributed by atoms with Crippen LogP contribution < -0.4 is 10.6 Å². The Morgan fingerprint density at radius 2 is 1.84 bits per heavy atom. The summed E-state index contributed by atoms with van der Waals surface area (Å²) < 4.78 is 18.5. The molecule has 0 radical (unpaired) electrons. The number of benzene rings is 2. The van der Waals surface area contributed by atoms with Crippen molar-refractivity contribution < 1.29 is 18.7 Å². The first kappa shape index (κ1) is 18.6. The average Bonchev–Trinajstić information content (AvgIpc) is 2.62. The lowest BCUT2D eigenvalue weighted by molar-refractivity contribution is -0.136. The van der Waals surface area contributed by atoms with E-state index in [2.05, 4.69) is 10.6 Å². The first-order chi connectivity index (χ1) is 12.0. The lowest BCUT2D eigenvalue weighted by atomic mass is 10.1. The molecule has 0 fully saturated rings. The summed E-state index contributed by atoms with van der Waals surface area (Å²) in [6.45, 7) is 2.09. The summed E-state index contributed by atoms with van der Waals surface area (Å²) in [6, 6.07) is 13.2. The molecule has 2 aromatic rings. The molecular formula is C19H21FN2O3. The van der Waals surface area contributed by atoms with Crippen molar-refractivity contribution in [3.63, 3.8) is 0 Å². The van der Waals surface area contributed by atoms with Gasteiger partial charge < -0.3 is 15.4 Å². The lowest BCUT2D eigenvalue weighted by Gasteiger charge is -2.16. The predicted octanol–water partition coefficient (Wildman–Crippen LogP) is 2.83. The first-order valence-corrected chi connectivity index (χ1v) is 8.00. The molecule has 0 aliphatic carbocycles. The normalized spacial score (nSPS) is 11.6. The van der Waals surface area contributed by atoms with Crippen LogP contribution in [0.5, 0.6) is 0 Å². The first-order valence-electron chi connectivity index (χ1n) is 8.00. The van der Waals surface area contributed by atoms with E-state index in [1.165, 1.54) is 19.2 Å². The fraction of sp³-hybridized carbons (Fsp3) is 0.263. The Balaban J connectivity index is 1.90. The quantitative estimate of drug-likeness (QED) is 0.792. The van der Waals surface area contributed by atoms with Gasteiger partial charge in [-0.2, -0.15) is 0 Å². The molecule has 5 nitrogen and oxygen atoms in total. The largest absolute Gasteiger partial charge is 0.375 e. The van der Waals surface area contributed by atoms with Crippen LogP contribution in [0.2, 0.25) is 0 Å². The van der Waals surface area contributed by atoms with E-state index < -0.39 is 17.9 Å². The maximum Gasteiger partial charge on any atom is 0.313 e. The standard InChI is InChI=1S/C19H21FN2O3/c1-3-13-7-9-16(10-8-13)22-19(24)18(23)21-12-17(25-2)14-5-4-6-15(20)11-14/h4-11,17H,3,12H2,1-2H3,(H,21,23)(H,22,24). The smallest absolute Gasteiger partial charge is 0.313 e. The molecule has 132 valence electrons. The molecule has 0 saturated heterocycles. The summed E-state index contributed by atoms with van der Waals surface area (Å²) >= 11 is 0. The summed E-state index contributed by atoms with van der Waals surface area (Å²) in [7, 11) is 1.46. The minimum absolute atomic E-state index is 0.0565. The number of aryl methyl sites for hydroxylation is 1. The molecule has 2 aromatic carbocycles. The molecule has 1 atom stereocenters. The number of hydrogen-bond acceptors (Lipinski definition) is 3. The van der Waals surface area contributed by atoms with Gasteiger partial charge in [0, 0.05) is 19.3 Å². The molecule has 0 heterocycles. The summed E-state index contributed by atoms with van der Waals surface area (Å²) in [5.74, 6) is -1.93. The number of rotatable bonds is 6. The predicted molar refractivity (Wildman–Crippen MR) is 93.6 cm³/mol. The van der Waals surface area contributed by atoms with Crippen LogP contribution in [0, 0.1) is 5.82 Å². The monoisotopic (exact) mass is 344 g/mol. The van der Waals surface area contributed by atoms with Crippen molar-refractivity contribution in [1.29, 1.82) is 0 Å². The number of anilines is 1. The Labute approximate surface area is 146 Å². The highest BCUT2D eigenvalue weighted by Crippen LogP contribution is 2.16. The van der Waals surface area contributed by atoms with Crippen molar-refractivity contribution in [3.8, 4) is 0 Å². The van der Waals surface area contributed by atoms with Gasteiger partial charge in [-0.25, -0.2) is 4.39 Å². The molecule has 0 aliphatic heterocycles. The second-order valence-electron chi connectivity index (χ2n) is 5.49. The van der Waals surface area contributed by atoms with Crippen LogP contribution in [0.3, 0.4) is 0 Å². The van der Waals surface area contributed by atoms with E-state index in [9.17, 15) is 14.0 Å². The lowest BCUT2D eigenvalue weighted by Crippen LogP contribution is -2.38. The highest BCUT2D eigenvalue weighted by Gasteiger charge is 2.17. The Hall–Kier alpha value is -2.73. The van der Waals surface area contributed by atoms with E-state index in [1.54, 1.807) is 24.3 Å². The number of ether oxygens (including phenoxy) is 1. The van der Waals surface area contributed by atoms with Gasteiger partial charge in [0.15, 0.2) is 0 Å². The van der Waals surface area contributed by atoms with Gasteiger partial charge in [0.1, 0.15) is 5.82 Å². The molecule has 0 aromatic heterocycles. The third-order valence-electron chi connectivity index (χ3n) is 3.78. The molecule has 0 aliphatic rings. The van der Waals surface area contributed by atoms with E-state index in [1.807, 2.05) is 19.1 Å².